The van der Waals surface area contributed by atoms with Crippen LogP contribution in [0.3, 0.4) is 0 Å². The SMILES string of the molecule is CC(C)Oc1ccccc1N1CC(O)=C(c2nc3ccc(F)cc3[nH]2)C1=N. The van der Waals surface area contributed by atoms with E-state index in [2.05, 4.69) is 9.97 Å². The number of aromatic nitrogens is 2. The number of para-hydroxylation sites is 2. The molecule has 0 radical (unpaired) electrons. The van der Waals surface area contributed by atoms with Gasteiger partial charge in [-0.3, -0.25) is 5.41 Å². The third kappa shape index (κ3) is 3.01. The molecule has 1 aromatic heterocycles. The van der Waals surface area contributed by atoms with Crippen LogP contribution in [0.1, 0.15) is 19.7 Å². The lowest BCUT2D eigenvalue weighted by Gasteiger charge is -2.23. The van der Waals surface area contributed by atoms with Crippen LogP contribution in [-0.4, -0.2) is 33.6 Å². The molecule has 7 heteroatoms. The number of aromatic amines is 1. The maximum Gasteiger partial charge on any atom is 0.145 e. The highest BCUT2D eigenvalue weighted by Gasteiger charge is 2.32. The van der Waals surface area contributed by atoms with Gasteiger partial charge in [0.1, 0.15) is 29.0 Å². The van der Waals surface area contributed by atoms with Crippen molar-refractivity contribution in [2.75, 3.05) is 11.4 Å². The Balaban J connectivity index is 1.71. The summed E-state index contributed by atoms with van der Waals surface area (Å²) < 4.78 is 19.3. The van der Waals surface area contributed by atoms with E-state index in [1.54, 1.807) is 11.0 Å². The molecule has 0 unspecified atom stereocenters. The molecule has 0 spiro atoms. The van der Waals surface area contributed by atoms with Crippen LogP contribution in [0.4, 0.5) is 10.1 Å². The Morgan fingerprint density at radius 2 is 2.04 bits per heavy atom. The van der Waals surface area contributed by atoms with Crippen LogP contribution < -0.4 is 9.64 Å². The number of amidine groups is 1. The number of halogens is 1. The zero-order valence-corrected chi connectivity index (χ0v) is 15.0. The van der Waals surface area contributed by atoms with Gasteiger partial charge in [0.05, 0.1) is 34.9 Å². The van der Waals surface area contributed by atoms with Crippen molar-refractivity contribution in [2.45, 2.75) is 20.0 Å². The fourth-order valence-electron chi connectivity index (χ4n) is 3.17. The number of hydrogen-bond donors (Lipinski definition) is 3. The number of aliphatic hydroxyl groups is 1. The van der Waals surface area contributed by atoms with E-state index in [1.165, 1.54) is 12.1 Å². The maximum absolute atomic E-state index is 13.4. The number of nitrogens with zero attached hydrogens (tertiary/aromatic N) is 2. The number of anilines is 1. The molecule has 3 aromatic rings. The van der Waals surface area contributed by atoms with Gasteiger partial charge in [0.2, 0.25) is 0 Å². The minimum atomic E-state index is -0.376. The van der Waals surface area contributed by atoms with Crippen LogP contribution in [0.2, 0.25) is 0 Å². The van der Waals surface area contributed by atoms with Gasteiger partial charge >= 0.3 is 0 Å². The number of rotatable bonds is 4. The van der Waals surface area contributed by atoms with Gasteiger partial charge in [-0.25, -0.2) is 9.37 Å². The predicted octanol–water partition coefficient (Wildman–Crippen LogP) is 4.26. The molecule has 0 amide bonds. The van der Waals surface area contributed by atoms with Crippen LogP contribution >= 0.6 is 0 Å². The van der Waals surface area contributed by atoms with Crippen molar-refractivity contribution < 1.29 is 14.2 Å². The summed E-state index contributed by atoms with van der Waals surface area (Å²) >= 11 is 0. The van der Waals surface area contributed by atoms with Crippen LogP contribution in [0.25, 0.3) is 16.6 Å². The summed E-state index contributed by atoms with van der Waals surface area (Å²) in [5.74, 6) is 0.727. The Bertz CT molecular complexity index is 1070. The normalized spacial score (nSPS) is 14.7. The Labute approximate surface area is 155 Å². The first-order valence-electron chi connectivity index (χ1n) is 8.64. The van der Waals surface area contributed by atoms with E-state index >= 15 is 0 Å². The van der Waals surface area contributed by atoms with Gasteiger partial charge in [-0.05, 0) is 44.2 Å². The Hall–Kier alpha value is -3.35. The number of fused-ring (bicyclic) bond motifs is 1. The fourth-order valence-corrected chi connectivity index (χ4v) is 3.17. The maximum atomic E-state index is 13.4. The smallest absolute Gasteiger partial charge is 0.145 e. The van der Waals surface area contributed by atoms with Crippen molar-refractivity contribution in [3.05, 3.63) is 59.9 Å². The molecule has 4 rings (SSSR count). The average molecular weight is 366 g/mol. The second kappa shape index (κ2) is 6.42. The topological polar surface area (TPSA) is 85.2 Å². The van der Waals surface area contributed by atoms with E-state index in [4.69, 9.17) is 10.1 Å². The standard InChI is InChI=1S/C20H19FN4O2/c1-11(2)27-17-6-4-3-5-15(17)25-10-16(26)18(19(25)22)20-23-13-8-7-12(21)9-14(13)24-20/h3-9,11,22,26H,10H2,1-2H3,(H,23,24). The van der Waals surface area contributed by atoms with Gasteiger partial charge in [-0.2, -0.15) is 0 Å². The average Bonchev–Trinajstić information content (AvgIpc) is 3.14. The minimum Gasteiger partial charge on any atom is -0.509 e. The highest BCUT2D eigenvalue weighted by Crippen LogP contribution is 2.36. The van der Waals surface area contributed by atoms with Gasteiger partial charge in [0, 0.05) is 0 Å². The Morgan fingerprint density at radius 1 is 1.26 bits per heavy atom. The highest BCUT2D eigenvalue weighted by atomic mass is 19.1. The molecule has 0 saturated carbocycles. The lowest BCUT2D eigenvalue weighted by Crippen LogP contribution is -2.27. The van der Waals surface area contributed by atoms with Crippen LogP contribution in [0.15, 0.2) is 48.2 Å². The lowest BCUT2D eigenvalue weighted by molar-refractivity contribution is 0.243. The molecular formula is C20H19FN4O2. The number of ether oxygens (including phenoxy) is 1. The second-order valence-corrected chi connectivity index (χ2v) is 6.64. The summed E-state index contributed by atoms with van der Waals surface area (Å²) in [5, 5.41) is 19.1. The molecule has 27 heavy (non-hydrogen) atoms. The third-order valence-electron chi connectivity index (χ3n) is 4.30. The molecule has 6 nitrogen and oxygen atoms in total. The van der Waals surface area contributed by atoms with Crippen molar-refractivity contribution >= 4 is 28.1 Å². The summed E-state index contributed by atoms with van der Waals surface area (Å²) in [6.07, 6.45) is -0.0192. The van der Waals surface area contributed by atoms with Crippen LogP contribution in [0, 0.1) is 11.2 Å². The van der Waals surface area contributed by atoms with Crippen molar-refractivity contribution in [1.82, 2.24) is 9.97 Å². The molecule has 2 heterocycles. The molecule has 138 valence electrons. The summed E-state index contributed by atoms with van der Waals surface area (Å²) in [4.78, 5) is 9.05. The lowest BCUT2D eigenvalue weighted by atomic mass is 10.2. The van der Waals surface area contributed by atoms with Crippen molar-refractivity contribution in [3.63, 3.8) is 0 Å². The number of aliphatic hydroxyl groups excluding tert-OH is 1. The number of imidazole rings is 1. The summed E-state index contributed by atoms with van der Waals surface area (Å²) in [5.41, 5.74) is 2.08. The molecule has 1 aliphatic rings. The van der Waals surface area contributed by atoms with E-state index in [1.807, 2.05) is 38.1 Å². The summed E-state index contributed by atoms with van der Waals surface area (Å²) in [6.45, 7) is 4.00. The van der Waals surface area contributed by atoms with E-state index in [9.17, 15) is 9.50 Å². The van der Waals surface area contributed by atoms with Crippen molar-refractivity contribution in [2.24, 2.45) is 0 Å². The zero-order chi connectivity index (χ0) is 19.1. The first-order valence-corrected chi connectivity index (χ1v) is 8.64. The van der Waals surface area contributed by atoms with Crippen LogP contribution in [0.5, 0.6) is 5.75 Å². The van der Waals surface area contributed by atoms with Crippen molar-refractivity contribution in [1.29, 1.82) is 5.41 Å². The number of nitrogens with one attached hydrogen (secondary N) is 2. The fraction of sp³-hybridized carbons (Fsp3) is 0.200. The first-order chi connectivity index (χ1) is 12.9. The highest BCUT2D eigenvalue weighted by molar-refractivity contribution is 6.30. The zero-order valence-electron chi connectivity index (χ0n) is 15.0. The van der Waals surface area contributed by atoms with E-state index < -0.39 is 0 Å². The Morgan fingerprint density at radius 3 is 2.81 bits per heavy atom. The quantitative estimate of drug-likeness (QED) is 0.644. The summed E-state index contributed by atoms with van der Waals surface area (Å²) in [6, 6.07) is 11.6. The molecule has 1 aliphatic heterocycles. The molecule has 0 atom stereocenters. The second-order valence-electron chi connectivity index (χ2n) is 6.64. The van der Waals surface area contributed by atoms with E-state index in [-0.39, 0.29) is 30.1 Å². The van der Waals surface area contributed by atoms with Crippen molar-refractivity contribution in [3.8, 4) is 5.75 Å². The first kappa shape index (κ1) is 17.1. The molecule has 3 N–H and O–H groups in total. The van der Waals surface area contributed by atoms with E-state index in [0.717, 1.165) is 0 Å². The molecule has 0 fully saturated rings. The number of benzene rings is 2. The van der Waals surface area contributed by atoms with Gasteiger partial charge in [-0.15, -0.1) is 0 Å². The number of H-pyrrole nitrogens is 1. The van der Waals surface area contributed by atoms with Crippen LogP contribution in [-0.2, 0) is 0 Å². The third-order valence-corrected chi connectivity index (χ3v) is 4.30. The van der Waals surface area contributed by atoms with Gasteiger partial charge < -0.3 is 19.7 Å². The Kier molecular flexibility index (Phi) is 4.07. The largest absolute Gasteiger partial charge is 0.509 e. The predicted molar refractivity (Wildman–Crippen MR) is 103 cm³/mol. The number of hydrogen-bond acceptors (Lipinski definition) is 4. The van der Waals surface area contributed by atoms with Gasteiger partial charge in [0.15, 0.2) is 0 Å². The monoisotopic (exact) mass is 366 g/mol. The molecule has 0 aliphatic carbocycles. The van der Waals surface area contributed by atoms with Gasteiger partial charge in [0.25, 0.3) is 0 Å². The molecular weight excluding hydrogens is 347 g/mol. The summed E-state index contributed by atoms with van der Waals surface area (Å²) in [7, 11) is 0. The molecule has 2 aromatic carbocycles. The minimum absolute atomic E-state index is 0.0192. The molecule has 0 bridgehead atoms. The molecule has 0 saturated heterocycles. The van der Waals surface area contributed by atoms with Gasteiger partial charge in [-0.1, -0.05) is 12.1 Å². The van der Waals surface area contributed by atoms with E-state index in [0.29, 0.717) is 33.9 Å².